The van der Waals surface area contributed by atoms with Gasteiger partial charge in [-0.15, -0.1) is 0 Å². The van der Waals surface area contributed by atoms with Crippen molar-refractivity contribution in [1.29, 1.82) is 0 Å². The summed E-state index contributed by atoms with van der Waals surface area (Å²) in [6.07, 6.45) is 4.90. The van der Waals surface area contributed by atoms with Crippen LogP contribution in [0.5, 0.6) is 0 Å². The molecule has 0 bridgehead atoms. The molecule has 100 valence electrons. The van der Waals surface area contributed by atoms with Gasteiger partial charge >= 0.3 is 5.97 Å². The normalized spacial score (nSPS) is 10.8. The lowest BCUT2D eigenvalue weighted by Gasteiger charge is -2.04. The van der Waals surface area contributed by atoms with E-state index in [4.69, 9.17) is 5.11 Å². The Labute approximate surface area is 115 Å². The van der Waals surface area contributed by atoms with Crippen LogP contribution in [0.4, 0.5) is 0 Å². The van der Waals surface area contributed by atoms with Crippen molar-refractivity contribution in [3.63, 3.8) is 0 Å². The quantitative estimate of drug-likeness (QED) is 0.790. The minimum absolute atomic E-state index is 0.0839. The standard InChI is InChI=1S/C15H13N3O2/c1-18-8-12(11-4-2-3-5-13(11)18)15-10(6-14(19)20)7-16-9-17-15/h2-5,7-9H,6H2,1H3,(H,19,20). The molecule has 0 aliphatic rings. The molecule has 0 saturated heterocycles. The maximum Gasteiger partial charge on any atom is 0.307 e. The number of carboxylic acids is 1. The monoisotopic (exact) mass is 267 g/mol. The van der Waals surface area contributed by atoms with Gasteiger partial charge in [0.25, 0.3) is 0 Å². The van der Waals surface area contributed by atoms with E-state index < -0.39 is 5.97 Å². The summed E-state index contributed by atoms with van der Waals surface area (Å²) in [5, 5.41) is 10.1. The van der Waals surface area contributed by atoms with Crippen LogP contribution in [-0.4, -0.2) is 25.6 Å². The fourth-order valence-corrected chi connectivity index (χ4v) is 2.42. The summed E-state index contributed by atoms with van der Waals surface area (Å²) in [5.41, 5.74) is 3.32. The second-order valence-electron chi connectivity index (χ2n) is 4.64. The number of benzene rings is 1. The lowest BCUT2D eigenvalue weighted by Crippen LogP contribution is -2.03. The van der Waals surface area contributed by atoms with Crippen molar-refractivity contribution in [3.8, 4) is 11.3 Å². The minimum Gasteiger partial charge on any atom is -0.481 e. The predicted molar refractivity (Wildman–Crippen MR) is 75.3 cm³/mol. The molecular weight excluding hydrogens is 254 g/mol. The van der Waals surface area contributed by atoms with Gasteiger partial charge < -0.3 is 9.67 Å². The molecule has 3 aromatic rings. The van der Waals surface area contributed by atoms with E-state index in [-0.39, 0.29) is 6.42 Å². The number of fused-ring (bicyclic) bond motifs is 1. The molecule has 0 aliphatic carbocycles. The third-order valence-electron chi connectivity index (χ3n) is 3.28. The van der Waals surface area contributed by atoms with Crippen LogP contribution in [-0.2, 0) is 18.3 Å². The van der Waals surface area contributed by atoms with Crippen molar-refractivity contribution < 1.29 is 9.90 Å². The number of aromatic nitrogens is 3. The number of nitrogens with zero attached hydrogens (tertiary/aromatic N) is 3. The summed E-state index contributed by atoms with van der Waals surface area (Å²) in [5.74, 6) is -0.888. The summed E-state index contributed by atoms with van der Waals surface area (Å²) >= 11 is 0. The number of carboxylic acid groups (broad SMARTS) is 1. The van der Waals surface area contributed by atoms with Crippen molar-refractivity contribution in [1.82, 2.24) is 14.5 Å². The maximum atomic E-state index is 11.0. The van der Waals surface area contributed by atoms with E-state index >= 15 is 0 Å². The molecule has 0 fully saturated rings. The Hall–Kier alpha value is -2.69. The number of aliphatic carboxylic acids is 1. The summed E-state index contributed by atoms with van der Waals surface area (Å²) < 4.78 is 2.01. The zero-order valence-electron chi connectivity index (χ0n) is 10.9. The highest BCUT2D eigenvalue weighted by atomic mass is 16.4. The van der Waals surface area contributed by atoms with Gasteiger partial charge in [-0.05, 0) is 6.07 Å². The largest absolute Gasteiger partial charge is 0.481 e. The van der Waals surface area contributed by atoms with Gasteiger partial charge in [0.1, 0.15) is 6.33 Å². The lowest BCUT2D eigenvalue weighted by molar-refractivity contribution is -0.136. The van der Waals surface area contributed by atoms with E-state index in [2.05, 4.69) is 9.97 Å². The SMILES string of the molecule is Cn1cc(-c2ncncc2CC(=O)O)c2ccccc21. The van der Waals surface area contributed by atoms with Gasteiger partial charge in [0.15, 0.2) is 0 Å². The van der Waals surface area contributed by atoms with Gasteiger partial charge in [-0.1, -0.05) is 18.2 Å². The van der Waals surface area contributed by atoms with Crippen molar-refractivity contribution in [2.24, 2.45) is 7.05 Å². The zero-order valence-corrected chi connectivity index (χ0v) is 10.9. The van der Waals surface area contributed by atoms with Crippen molar-refractivity contribution in [3.05, 3.63) is 48.5 Å². The highest BCUT2D eigenvalue weighted by molar-refractivity contribution is 5.96. The molecule has 1 aromatic carbocycles. The molecule has 2 heterocycles. The summed E-state index contributed by atoms with van der Waals surface area (Å²) in [7, 11) is 1.96. The van der Waals surface area contributed by atoms with Gasteiger partial charge in [-0.3, -0.25) is 4.79 Å². The van der Waals surface area contributed by atoms with Gasteiger partial charge in [0.05, 0.1) is 12.1 Å². The van der Waals surface area contributed by atoms with Crippen LogP contribution in [0.15, 0.2) is 43.0 Å². The van der Waals surface area contributed by atoms with E-state index in [9.17, 15) is 4.79 Å². The number of hydrogen-bond donors (Lipinski definition) is 1. The van der Waals surface area contributed by atoms with Gasteiger partial charge in [0.2, 0.25) is 0 Å². The Morgan fingerprint density at radius 1 is 1.35 bits per heavy atom. The third-order valence-corrected chi connectivity index (χ3v) is 3.28. The molecule has 0 aliphatic heterocycles. The molecule has 0 radical (unpaired) electrons. The Morgan fingerprint density at radius 3 is 2.95 bits per heavy atom. The molecule has 2 aromatic heterocycles. The highest BCUT2D eigenvalue weighted by Gasteiger charge is 2.14. The first-order valence-corrected chi connectivity index (χ1v) is 6.22. The predicted octanol–water partition coefficient (Wildman–Crippen LogP) is 2.26. The topological polar surface area (TPSA) is 68.0 Å². The molecular formula is C15H13N3O2. The number of hydrogen-bond acceptors (Lipinski definition) is 3. The van der Waals surface area contributed by atoms with Crippen molar-refractivity contribution in [2.75, 3.05) is 0 Å². The number of rotatable bonds is 3. The Bertz CT molecular complexity index is 793. The smallest absolute Gasteiger partial charge is 0.307 e. The molecule has 0 saturated carbocycles. The summed E-state index contributed by atoms with van der Waals surface area (Å²) in [6.45, 7) is 0. The molecule has 3 rings (SSSR count). The fraction of sp³-hybridized carbons (Fsp3) is 0.133. The van der Waals surface area contributed by atoms with Gasteiger partial charge in [0, 0.05) is 41.5 Å². The van der Waals surface area contributed by atoms with E-state index in [1.165, 1.54) is 6.33 Å². The fourth-order valence-electron chi connectivity index (χ4n) is 2.42. The maximum absolute atomic E-state index is 11.0. The number of carbonyl (C=O) groups is 1. The Balaban J connectivity index is 2.24. The number of para-hydroxylation sites is 1. The van der Waals surface area contributed by atoms with Crippen LogP contribution in [0, 0.1) is 0 Å². The molecule has 20 heavy (non-hydrogen) atoms. The first-order chi connectivity index (χ1) is 9.66. The van der Waals surface area contributed by atoms with Crippen LogP contribution in [0.3, 0.4) is 0 Å². The Morgan fingerprint density at radius 2 is 2.15 bits per heavy atom. The second-order valence-corrected chi connectivity index (χ2v) is 4.64. The molecule has 5 heteroatoms. The zero-order chi connectivity index (χ0) is 14.1. The van der Waals surface area contributed by atoms with E-state index in [1.807, 2.05) is 42.1 Å². The molecule has 0 spiro atoms. The minimum atomic E-state index is -0.888. The third kappa shape index (κ3) is 2.03. The second kappa shape index (κ2) is 4.77. The average molecular weight is 267 g/mol. The molecule has 5 nitrogen and oxygen atoms in total. The Kier molecular flexibility index (Phi) is 2.95. The first-order valence-electron chi connectivity index (χ1n) is 6.22. The van der Waals surface area contributed by atoms with Crippen molar-refractivity contribution in [2.45, 2.75) is 6.42 Å². The number of aryl methyl sites for hydroxylation is 1. The average Bonchev–Trinajstić information content (AvgIpc) is 2.77. The van der Waals surface area contributed by atoms with E-state index in [1.54, 1.807) is 6.20 Å². The van der Waals surface area contributed by atoms with Crippen LogP contribution < -0.4 is 0 Å². The van der Waals surface area contributed by atoms with Gasteiger partial charge in [-0.2, -0.15) is 0 Å². The van der Waals surface area contributed by atoms with Crippen molar-refractivity contribution >= 4 is 16.9 Å². The summed E-state index contributed by atoms with van der Waals surface area (Å²) in [4.78, 5) is 19.2. The lowest BCUT2D eigenvalue weighted by atomic mass is 10.0. The van der Waals surface area contributed by atoms with Crippen LogP contribution in [0.2, 0.25) is 0 Å². The van der Waals surface area contributed by atoms with Crippen LogP contribution >= 0.6 is 0 Å². The molecule has 0 atom stereocenters. The van der Waals surface area contributed by atoms with Gasteiger partial charge in [-0.25, -0.2) is 9.97 Å². The van der Waals surface area contributed by atoms with Crippen LogP contribution in [0.25, 0.3) is 22.2 Å². The highest BCUT2D eigenvalue weighted by Crippen LogP contribution is 2.30. The molecule has 0 unspecified atom stereocenters. The first kappa shape index (κ1) is 12.3. The van der Waals surface area contributed by atoms with E-state index in [0.717, 1.165) is 16.5 Å². The summed E-state index contributed by atoms with van der Waals surface area (Å²) in [6, 6.07) is 7.97. The molecule has 0 amide bonds. The molecule has 1 N–H and O–H groups in total. The van der Waals surface area contributed by atoms with E-state index in [0.29, 0.717) is 11.3 Å². The van der Waals surface area contributed by atoms with Crippen LogP contribution in [0.1, 0.15) is 5.56 Å².